The van der Waals surface area contributed by atoms with Crippen LogP contribution >= 0.6 is 0 Å². The van der Waals surface area contributed by atoms with E-state index in [0.717, 1.165) is 38.3 Å². The first-order valence-electron chi connectivity index (χ1n) is 10.3. The first kappa shape index (κ1) is 20.5. The second-order valence-electron chi connectivity index (χ2n) is 7.60. The van der Waals surface area contributed by atoms with Crippen LogP contribution in [0.2, 0.25) is 0 Å². The summed E-state index contributed by atoms with van der Waals surface area (Å²) in [5.41, 5.74) is 7.99. The molecule has 2 heterocycles. The number of nitrogens with zero attached hydrogens (tertiary/aromatic N) is 4. The summed E-state index contributed by atoms with van der Waals surface area (Å²) >= 11 is 0. The first-order chi connectivity index (χ1) is 15.1. The number of hydrogen-bond acceptors (Lipinski definition) is 7. The average Bonchev–Trinajstić information content (AvgIpc) is 2.79. The summed E-state index contributed by atoms with van der Waals surface area (Å²) in [5, 5.41) is 14.6. The van der Waals surface area contributed by atoms with Gasteiger partial charge in [0.05, 0.1) is 31.1 Å². The zero-order valence-electron chi connectivity index (χ0n) is 17.2. The Labute approximate surface area is 180 Å². The standard InChI is InChI=1S/C22H25N7O2/c23-20-19(29(30)31)21(24-15-17-7-3-1-4-8-17)26-22(25-20)28-13-11-27(12-14-28)16-18-9-5-2-6-10-18/h1-10H,11-16H2,(H3,23,24,25,26)/p+1. The minimum atomic E-state index is -0.533. The van der Waals surface area contributed by atoms with Crippen LogP contribution in [0.25, 0.3) is 0 Å². The molecule has 3 aromatic rings. The first-order valence-corrected chi connectivity index (χ1v) is 10.3. The van der Waals surface area contributed by atoms with E-state index >= 15 is 0 Å². The lowest BCUT2D eigenvalue weighted by Crippen LogP contribution is -3.13. The molecule has 0 saturated carbocycles. The second kappa shape index (κ2) is 9.40. The number of aromatic nitrogens is 2. The molecule has 1 aliphatic heterocycles. The highest BCUT2D eigenvalue weighted by atomic mass is 16.6. The molecule has 0 spiro atoms. The Bertz CT molecular complexity index is 1020. The number of piperazine rings is 1. The van der Waals surface area contributed by atoms with Gasteiger partial charge in [-0.2, -0.15) is 9.97 Å². The Kier molecular flexibility index (Phi) is 6.23. The minimum Gasteiger partial charge on any atom is -0.378 e. The number of nitrogens with one attached hydrogen (secondary N) is 2. The molecule has 1 aromatic heterocycles. The molecule has 0 amide bonds. The lowest BCUT2D eigenvalue weighted by atomic mass is 10.2. The van der Waals surface area contributed by atoms with Crippen LogP contribution in [0.3, 0.4) is 0 Å². The van der Waals surface area contributed by atoms with Gasteiger partial charge >= 0.3 is 5.69 Å². The van der Waals surface area contributed by atoms with Crippen molar-refractivity contribution < 1.29 is 9.82 Å². The highest BCUT2D eigenvalue weighted by Crippen LogP contribution is 2.30. The van der Waals surface area contributed by atoms with Gasteiger partial charge in [-0.15, -0.1) is 0 Å². The van der Waals surface area contributed by atoms with E-state index < -0.39 is 4.92 Å². The monoisotopic (exact) mass is 420 g/mol. The van der Waals surface area contributed by atoms with Crippen molar-refractivity contribution in [3.63, 3.8) is 0 Å². The van der Waals surface area contributed by atoms with Crippen LogP contribution in [0, 0.1) is 10.1 Å². The fourth-order valence-corrected chi connectivity index (χ4v) is 3.77. The summed E-state index contributed by atoms with van der Waals surface area (Å²) in [6.45, 7) is 4.77. The molecule has 4 N–H and O–H groups in total. The Morgan fingerprint density at radius 2 is 1.61 bits per heavy atom. The molecule has 0 atom stereocenters. The quantitative estimate of drug-likeness (QED) is 0.392. The third kappa shape index (κ3) is 5.07. The lowest BCUT2D eigenvalue weighted by Gasteiger charge is -2.32. The predicted molar refractivity (Wildman–Crippen MR) is 120 cm³/mol. The van der Waals surface area contributed by atoms with Crippen molar-refractivity contribution in [1.29, 1.82) is 0 Å². The van der Waals surface area contributed by atoms with Crippen molar-refractivity contribution in [2.75, 3.05) is 42.1 Å². The Morgan fingerprint density at radius 1 is 1.00 bits per heavy atom. The number of hydrogen-bond donors (Lipinski definition) is 3. The minimum absolute atomic E-state index is 0.121. The molecule has 9 nitrogen and oxygen atoms in total. The normalized spacial score (nSPS) is 14.4. The third-order valence-corrected chi connectivity index (χ3v) is 5.43. The van der Waals surface area contributed by atoms with Crippen LogP contribution in [0.1, 0.15) is 11.1 Å². The molecular weight excluding hydrogens is 394 g/mol. The average molecular weight is 420 g/mol. The Morgan fingerprint density at radius 3 is 2.23 bits per heavy atom. The topological polar surface area (TPSA) is 115 Å². The summed E-state index contributed by atoms with van der Waals surface area (Å²) < 4.78 is 0. The van der Waals surface area contributed by atoms with E-state index in [1.807, 2.05) is 41.3 Å². The highest BCUT2D eigenvalue weighted by Gasteiger charge is 2.27. The van der Waals surface area contributed by atoms with Crippen LogP contribution in [0.15, 0.2) is 60.7 Å². The van der Waals surface area contributed by atoms with Gasteiger partial charge in [-0.05, 0) is 5.56 Å². The molecule has 0 bridgehead atoms. The molecule has 4 rings (SSSR count). The molecule has 1 fully saturated rings. The van der Waals surface area contributed by atoms with Gasteiger partial charge in [-0.1, -0.05) is 60.7 Å². The summed E-state index contributed by atoms with van der Waals surface area (Å²) in [5.74, 6) is 0.456. The van der Waals surface area contributed by atoms with Crippen LogP contribution in [-0.2, 0) is 13.1 Å². The summed E-state index contributed by atoms with van der Waals surface area (Å²) in [6, 6.07) is 20.1. The van der Waals surface area contributed by atoms with Crippen LogP contribution in [-0.4, -0.2) is 41.1 Å². The summed E-state index contributed by atoms with van der Waals surface area (Å²) in [6.07, 6.45) is 0. The fourth-order valence-electron chi connectivity index (χ4n) is 3.77. The molecule has 9 heteroatoms. The maximum atomic E-state index is 11.5. The summed E-state index contributed by atoms with van der Waals surface area (Å²) in [7, 11) is 0. The van der Waals surface area contributed by atoms with Gasteiger partial charge in [-0.3, -0.25) is 10.1 Å². The van der Waals surface area contributed by atoms with Crippen molar-refractivity contribution in [1.82, 2.24) is 9.97 Å². The van der Waals surface area contributed by atoms with E-state index in [1.165, 1.54) is 10.5 Å². The number of quaternary nitrogens is 1. The second-order valence-corrected chi connectivity index (χ2v) is 7.60. The molecule has 160 valence electrons. The van der Waals surface area contributed by atoms with E-state index in [2.05, 4.69) is 39.6 Å². The van der Waals surface area contributed by atoms with Gasteiger partial charge < -0.3 is 20.9 Å². The maximum Gasteiger partial charge on any atom is 0.353 e. The van der Waals surface area contributed by atoms with Gasteiger partial charge in [0.1, 0.15) is 6.54 Å². The molecule has 1 saturated heterocycles. The summed E-state index contributed by atoms with van der Waals surface area (Å²) in [4.78, 5) is 23.3. The number of nitrogen functional groups attached to an aromatic ring is 1. The Balaban J connectivity index is 1.47. The SMILES string of the molecule is Nc1nc(N2CC[NH+](Cc3ccccc3)CC2)nc(NCc2ccccc2)c1[N+](=O)[O-]. The van der Waals surface area contributed by atoms with Gasteiger partial charge in [0.25, 0.3) is 0 Å². The molecular formula is C22H26N7O2+. The van der Waals surface area contributed by atoms with E-state index in [4.69, 9.17) is 5.73 Å². The Hall–Kier alpha value is -3.72. The van der Waals surface area contributed by atoms with Crippen molar-refractivity contribution in [2.45, 2.75) is 13.1 Å². The van der Waals surface area contributed by atoms with Crippen LogP contribution in [0.4, 0.5) is 23.3 Å². The highest BCUT2D eigenvalue weighted by molar-refractivity contribution is 5.70. The third-order valence-electron chi connectivity index (χ3n) is 5.43. The van der Waals surface area contributed by atoms with E-state index in [9.17, 15) is 10.1 Å². The van der Waals surface area contributed by atoms with Gasteiger partial charge in [0, 0.05) is 12.1 Å². The molecule has 1 aliphatic rings. The zero-order valence-corrected chi connectivity index (χ0v) is 17.2. The van der Waals surface area contributed by atoms with Crippen LogP contribution < -0.4 is 20.9 Å². The van der Waals surface area contributed by atoms with Gasteiger partial charge in [-0.25, -0.2) is 0 Å². The maximum absolute atomic E-state index is 11.5. The van der Waals surface area contributed by atoms with Crippen molar-refractivity contribution in [3.05, 3.63) is 81.9 Å². The van der Waals surface area contributed by atoms with Crippen molar-refractivity contribution in [3.8, 4) is 0 Å². The van der Waals surface area contributed by atoms with E-state index in [-0.39, 0.29) is 17.3 Å². The number of nitrogens with two attached hydrogens (primary N) is 1. The predicted octanol–water partition coefficient (Wildman–Crippen LogP) is 1.48. The largest absolute Gasteiger partial charge is 0.378 e. The van der Waals surface area contributed by atoms with Gasteiger partial charge in [0.15, 0.2) is 0 Å². The van der Waals surface area contributed by atoms with Crippen LogP contribution in [0.5, 0.6) is 0 Å². The zero-order chi connectivity index (χ0) is 21.6. The van der Waals surface area contributed by atoms with E-state index in [1.54, 1.807) is 0 Å². The number of benzene rings is 2. The smallest absolute Gasteiger partial charge is 0.353 e. The molecule has 0 aliphatic carbocycles. The number of rotatable bonds is 7. The molecule has 0 unspecified atom stereocenters. The van der Waals surface area contributed by atoms with Crippen molar-refractivity contribution >= 4 is 23.3 Å². The number of anilines is 3. The molecule has 2 aromatic carbocycles. The fraction of sp³-hybridized carbons (Fsp3) is 0.273. The molecule has 0 radical (unpaired) electrons. The number of nitro groups is 1. The van der Waals surface area contributed by atoms with E-state index in [0.29, 0.717) is 12.5 Å². The lowest BCUT2D eigenvalue weighted by molar-refractivity contribution is -0.914. The molecule has 31 heavy (non-hydrogen) atoms. The van der Waals surface area contributed by atoms with Gasteiger partial charge in [0.2, 0.25) is 17.6 Å². The van der Waals surface area contributed by atoms with Crippen molar-refractivity contribution in [2.24, 2.45) is 0 Å².